The van der Waals surface area contributed by atoms with E-state index in [-0.39, 0.29) is 0 Å². The Morgan fingerprint density at radius 2 is 2.08 bits per heavy atom. The largest absolute Gasteiger partial charge is 0.493 e. The molecule has 0 spiro atoms. The molecule has 0 N–H and O–H groups in total. The normalized spacial score (nSPS) is 14.7. The maximum absolute atomic E-state index is 12.4. The molecule has 0 bridgehead atoms. The summed E-state index contributed by atoms with van der Waals surface area (Å²) in [5.74, 6) is 1.19. The lowest BCUT2D eigenvalue weighted by Crippen LogP contribution is -2.26. The Hall–Kier alpha value is -2.30. The van der Waals surface area contributed by atoms with Crippen LogP contribution in [-0.2, 0) is 4.74 Å². The zero-order chi connectivity index (χ0) is 17.5. The van der Waals surface area contributed by atoms with Gasteiger partial charge in [-0.2, -0.15) is 0 Å². The van der Waals surface area contributed by atoms with Gasteiger partial charge in [0.15, 0.2) is 6.29 Å². The third kappa shape index (κ3) is 3.30. The molecule has 3 rings (SSSR count). The molecule has 1 aliphatic carbocycles. The number of benzene rings is 1. The maximum Gasteiger partial charge on any atom is 0.419 e. The molecule has 0 unspecified atom stereocenters. The summed E-state index contributed by atoms with van der Waals surface area (Å²) >= 11 is 0. The van der Waals surface area contributed by atoms with E-state index in [4.69, 9.17) is 9.47 Å². The molecule has 1 aliphatic rings. The second kappa shape index (κ2) is 5.96. The van der Waals surface area contributed by atoms with Gasteiger partial charge in [-0.1, -0.05) is 0 Å². The molecular formula is C19H23NO4. The SMILES string of the molecule is Cc1cc(OCC2CC2)c(C=O)c2ccn(C(=O)OC(C)(C)C)c12. The number of hydrogen-bond acceptors (Lipinski definition) is 4. The first-order valence-electron chi connectivity index (χ1n) is 8.26. The van der Waals surface area contributed by atoms with Gasteiger partial charge in [-0.25, -0.2) is 4.79 Å². The van der Waals surface area contributed by atoms with Crippen molar-refractivity contribution in [2.45, 2.75) is 46.1 Å². The van der Waals surface area contributed by atoms with Crippen LogP contribution in [0.5, 0.6) is 5.75 Å². The summed E-state index contributed by atoms with van der Waals surface area (Å²) in [6.07, 6.45) is 4.36. The van der Waals surface area contributed by atoms with Gasteiger partial charge in [-0.05, 0) is 64.2 Å². The summed E-state index contributed by atoms with van der Waals surface area (Å²) in [4.78, 5) is 24.0. The van der Waals surface area contributed by atoms with Gasteiger partial charge in [0.05, 0.1) is 17.7 Å². The average Bonchev–Trinajstić information content (AvgIpc) is 3.20. The van der Waals surface area contributed by atoms with Crippen molar-refractivity contribution in [3.8, 4) is 5.75 Å². The van der Waals surface area contributed by atoms with Gasteiger partial charge < -0.3 is 9.47 Å². The molecule has 5 heteroatoms. The number of aromatic nitrogens is 1. The second-order valence-corrected chi connectivity index (χ2v) is 7.41. The number of rotatable bonds is 4. The van der Waals surface area contributed by atoms with Crippen molar-refractivity contribution in [2.75, 3.05) is 6.61 Å². The molecule has 5 nitrogen and oxygen atoms in total. The van der Waals surface area contributed by atoms with Crippen LogP contribution >= 0.6 is 0 Å². The molecule has 0 radical (unpaired) electrons. The van der Waals surface area contributed by atoms with E-state index in [0.717, 1.165) is 11.8 Å². The van der Waals surface area contributed by atoms with Gasteiger partial charge in [-0.15, -0.1) is 0 Å². The summed E-state index contributed by atoms with van der Waals surface area (Å²) in [5.41, 5.74) is 1.46. The highest BCUT2D eigenvalue weighted by molar-refractivity contribution is 6.03. The quantitative estimate of drug-likeness (QED) is 0.783. The van der Waals surface area contributed by atoms with Crippen LogP contribution in [0.2, 0.25) is 0 Å². The van der Waals surface area contributed by atoms with Crippen LogP contribution in [0.3, 0.4) is 0 Å². The standard InChI is InChI=1S/C19H23NO4/c1-12-9-16(23-11-13-5-6-13)15(10-21)14-7-8-20(17(12)14)18(22)24-19(2,3)4/h7-10,13H,5-6,11H2,1-4H3. The van der Waals surface area contributed by atoms with E-state index in [2.05, 4.69) is 0 Å². The minimum absolute atomic E-state index is 0.455. The molecule has 1 aromatic carbocycles. The highest BCUT2D eigenvalue weighted by Gasteiger charge is 2.24. The van der Waals surface area contributed by atoms with Crippen LogP contribution in [0.25, 0.3) is 10.9 Å². The number of nitrogens with zero attached hydrogens (tertiary/aromatic N) is 1. The van der Waals surface area contributed by atoms with Gasteiger partial charge in [0.2, 0.25) is 0 Å². The molecule has 1 fully saturated rings. The van der Waals surface area contributed by atoms with Crippen molar-refractivity contribution in [1.82, 2.24) is 4.57 Å². The number of hydrogen-bond donors (Lipinski definition) is 0. The van der Waals surface area contributed by atoms with E-state index in [1.54, 1.807) is 12.3 Å². The minimum Gasteiger partial charge on any atom is -0.493 e. The summed E-state index contributed by atoms with van der Waals surface area (Å²) < 4.78 is 12.7. The fourth-order valence-electron chi connectivity index (χ4n) is 2.72. The van der Waals surface area contributed by atoms with E-state index < -0.39 is 11.7 Å². The fourth-order valence-corrected chi connectivity index (χ4v) is 2.72. The lowest BCUT2D eigenvalue weighted by Gasteiger charge is -2.20. The van der Waals surface area contributed by atoms with Crippen molar-refractivity contribution >= 4 is 23.3 Å². The lowest BCUT2D eigenvalue weighted by atomic mass is 10.1. The van der Waals surface area contributed by atoms with Crippen LogP contribution in [0, 0.1) is 12.8 Å². The van der Waals surface area contributed by atoms with Gasteiger partial charge in [0.1, 0.15) is 11.4 Å². The first-order chi connectivity index (χ1) is 11.3. The Balaban J connectivity index is 2.02. The number of fused-ring (bicyclic) bond motifs is 1. The second-order valence-electron chi connectivity index (χ2n) is 7.41. The third-order valence-corrected chi connectivity index (χ3v) is 4.04. The topological polar surface area (TPSA) is 57.5 Å². The van der Waals surface area contributed by atoms with E-state index in [9.17, 15) is 9.59 Å². The highest BCUT2D eigenvalue weighted by atomic mass is 16.6. The van der Waals surface area contributed by atoms with Crippen LogP contribution in [0.1, 0.15) is 49.5 Å². The molecule has 1 aromatic heterocycles. The Morgan fingerprint density at radius 3 is 2.67 bits per heavy atom. The molecular weight excluding hydrogens is 306 g/mol. The van der Waals surface area contributed by atoms with E-state index in [1.165, 1.54) is 17.4 Å². The number of carbonyl (C=O) groups excluding carboxylic acids is 2. The zero-order valence-corrected chi connectivity index (χ0v) is 14.6. The summed E-state index contributed by atoms with van der Waals surface area (Å²) in [6, 6.07) is 3.59. The molecule has 1 saturated carbocycles. The van der Waals surface area contributed by atoms with E-state index in [1.807, 2.05) is 33.8 Å². The van der Waals surface area contributed by atoms with Crippen LogP contribution in [-0.4, -0.2) is 29.2 Å². The van der Waals surface area contributed by atoms with E-state index >= 15 is 0 Å². The molecule has 128 valence electrons. The molecule has 24 heavy (non-hydrogen) atoms. The highest BCUT2D eigenvalue weighted by Crippen LogP contribution is 2.34. The molecule has 0 atom stereocenters. The van der Waals surface area contributed by atoms with Crippen molar-refractivity contribution in [3.63, 3.8) is 0 Å². The van der Waals surface area contributed by atoms with Crippen LogP contribution in [0.15, 0.2) is 18.3 Å². The summed E-state index contributed by atoms with van der Waals surface area (Å²) in [5, 5.41) is 0.710. The van der Waals surface area contributed by atoms with Gasteiger partial charge in [0, 0.05) is 11.6 Å². The first kappa shape index (κ1) is 16.6. The van der Waals surface area contributed by atoms with Gasteiger partial charge in [0.25, 0.3) is 0 Å². The zero-order valence-electron chi connectivity index (χ0n) is 14.6. The van der Waals surface area contributed by atoms with Crippen molar-refractivity contribution in [3.05, 3.63) is 29.5 Å². The van der Waals surface area contributed by atoms with Gasteiger partial charge >= 0.3 is 6.09 Å². The number of aldehydes is 1. The fraction of sp³-hybridized carbons (Fsp3) is 0.474. The molecule has 2 aromatic rings. The van der Waals surface area contributed by atoms with Crippen molar-refractivity contribution in [1.29, 1.82) is 0 Å². The monoisotopic (exact) mass is 329 g/mol. The summed E-state index contributed by atoms with van der Waals surface area (Å²) in [6.45, 7) is 8.01. The number of aryl methyl sites for hydroxylation is 1. The summed E-state index contributed by atoms with van der Waals surface area (Å²) in [7, 11) is 0. The maximum atomic E-state index is 12.4. The Kier molecular flexibility index (Phi) is 4.11. The lowest BCUT2D eigenvalue weighted by molar-refractivity contribution is 0.0544. The number of ether oxygens (including phenoxy) is 2. The smallest absolute Gasteiger partial charge is 0.419 e. The molecule has 1 heterocycles. The Labute approximate surface area is 141 Å². The van der Waals surface area contributed by atoms with Gasteiger partial charge in [-0.3, -0.25) is 9.36 Å². The van der Waals surface area contributed by atoms with Crippen molar-refractivity contribution in [2.24, 2.45) is 5.92 Å². The Bertz CT molecular complexity index is 794. The molecule has 0 aliphatic heterocycles. The molecule has 0 amide bonds. The minimum atomic E-state index is -0.581. The third-order valence-electron chi connectivity index (χ3n) is 4.04. The number of carbonyl (C=O) groups is 2. The van der Waals surface area contributed by atoms with E-state index in [0.29, 0.717) is 34.7 Å². The predicted molar refractivity (Wildman–Crippen MR) is 91.9 cm³/mol. The van der Waals surface area contributed by atoms with Crippen LogP contribution < -0.4 is 4.74 Å². The average molecular weight is 329 g/mol. The molecule has 0 saturated heterocycles. The van der Waals surface area contributed by atoms with Crippen molar-refractivity contribution < 1.29 is 19.1 Å². The Morgan fingerprint density at radius 1 is 1.38 bits per heavy atom. The predicted octanol–water partition coefficient (Wildman–Crippen LogP) is 4.33. The first-order valence-corrected chi connectivity index (χ1v) is 8.26. The van der Waals surface area contributed by atoms with Crippen LogP contribution in [0.4, 0.5) is 4.79 Å².